The van der Waals surface area contributed by atoms with E-state index in [0.717, 1.165) is 32.7 Å². The van der Waals surface area contributed by atoms with E-state index in [0.29, 0.717) is 46.0 Å². The van der Waals surface area contributed by atoms with E-state index in [4.69, 9.17) is 5.73 Å². The highest BCUT2D eigenvalue weighted by Gasteiger charge is 2.41. The number of carbonyl (C=O) groups is 15. The number of benzene rings is 6. The summed E-state index contributed by atoms with van der Waals surface area (Å²) in [6.45, 7) is 6.54. The zero-order chi connectivity index (χ0) is 94.8. The maximum absolute atomic E-state index is 15.4. The van der Waals surface area contributed by atoms with E-state index in [-0.39, 0.29) is 93.5 Å². The fourth-order valence-corrected chi connectivity index (χ4v) is 16.1. The molecule has 698 valence electrons. The van der Waals surface area contributed by atoms with E-state index < -0.39 is 187 Å². The van der Waals surface area contributed by atoms with Gasteiger partial charge in [-0.15, -0.1) is 11.8 Å². The Morgan fingerprint density at radius 3 is 1.55 bits per heavy atom. The molecule has 1 aliphatic heterocycles. The van der Waals surface area contributed by atoms with Crippen LogP contribution in [0.4, 0.5) is 0 Å². The summed E-state index contributed by atoms with van der Waals surface area (Å²) in [5.41, 5.74) is 9.63. The number of para-hydroxylation sites is 1. The van der Waals surface area contributed by atoms with Crippen LogP contribution in [0, 0.1) is 11.8 Å². The molecule has 16 N–H and O–H groups in total. The molecule has 7 aromatic rings. The number of rotatable bonds is 23. The van der Waals surface area contributed by atoms with Gasteiger partial charge in [0.05, 0.1) is 44.5 Å². The normalized spacial score (nSPS) is 22.2. The van der Waals surface area contributed by atoms with Crippen LogP contribution >= 0.6 is 11.8 Å². The molecule has 14 amide bonds. The molecule has 1 unspecified atom stereocenters. The molecule has 130 heavy (non-hydrogen) atoms. The number of hydrogen-bond donors (Lipinski definition) is 15. The summed E-state index contributed by atoms with van der Waals surface area (Å²) < 4.78 is 0. The lowest BCUT2D eigenvalue weighted by molar-refractivity contribution is -0.145. The molecule has 2 heterocycles. The van der Waals surface area contributed by atoms with Crippen LogP contribution in [0.25, 0.3) is 10.9 Å². The molecule has 0 radical (unpaired) electrons. The third kappa shape index (κ3) is 32.5. The number of hydrogen-bond acceptors (Lipinski definition) is 20. The van der Waals surface area contributed by atoms with Gasteiger partial charge >= 0.3 is 5.97 Å². The number of amides is 14. The number of aromatic hydroxyl groups is 2. The number of primary amides is 1. The van der Waals surface area contributed by atoms with Gasteiger partial charge in [-0.3, -0.25) is 81.7 Å². The van der Waals surface area contributed by atoms with Gasteiger partial charge in [-0.25, -0.2) is 0 Å². The standard InChI is InChI=1S/C94H123N17O18S/c1-11-12-31-70-92(127)110(9)56-107(6)52-80(115)100-74(48-83(118)119)89(124)106-84(58(4)5)94(129)111(10)78(46-61-28-20-15-21-29-61)91(126)104-75(44-63-35-39-67(113)40-36-63)93(128)109(8)53-81(116)99-73(47-64-49-96-69-32-23-22-30-68(64)69)88(123)103-72(43-62-33-37-66(112)38-34-62)87(122)102-71(41-57(2)3)86(121)105-76(85(120)97-50-79(95)114)54-130-55-82(117)98-65(42-59-24-16-13-17-25-59)51-108(7)77(90(125)101-70)45-60-26-18-14-19-27-60/h13-30,32-40,49,57-58,65,70-78,84,96,112-113H,11-12,31,41-48,50-56H2,1-10H3,(H2,95,114)(H,97,120)(H,98,117)(H,99,116)(H,100,115)(H,101,125)(H,102,122)(H,103,123)(H,104,126)(H,105,121)(H,106,124)(H,118,119)/t65-,70-,71-,72+,73-,74-,75-,76-,77-,78-,84?/m0/s1. The number of carboxylic acids is 1. The van der Waals surface area contributed by atoms with Crippen molar-refractivity contribution >= 4 is 111 Å². The highest BCUT2D eigenvalue weighted by molar-refractivity contribution is 8.00. The molecule has 1 fully saturated rings. The molecule has 1 saturated heterocycles. The number of aliphatic carboxylic acids is 1. The number of aromatic nitrogens is 1. The van der Waals surface area contributed by atoms with Crippen molar-refractivity contribution < 1.29 is 87.2 Å². The van der Waals surface area contributed by atoms with Crippen LogP contribution < -0.4 is 58.9 Å². The summed E-state index contributed by atoms with van der Waals surface area (Å²) in [6.07, 6.45) is 1.35. The highest BCUT2D eigenvalue weighted by atomic mass is 32.2. The second-order valence-corrected chi connectivity index (χ2v) is 34.8. The lowest BCUT2D eigenvalue weighted by Gasteiger charge is -2.34. The minimum atomic E-state index is -1.80. The van der Waals surface area contributed by atoms with Gasteiger partial charge in [0.25, 0.3) is 0 Å². The summed E-state index contributed by atoms with van der Waals surface area (Å²) in [6, 6.07) is 30.3. The van der Waals surface area contributed by atoms with Gasteiger partial charge in [-0.1, -0.05) is 181 Å². The second-order valence-electron chi connectivity index (χ2n) is 33.8. The number of fused-ring (bicyclic) bond motifs is 1. The van der Waals surface area contributed by atoms with E-state index in [1.807, 2.05) is 67.6 Å². The Kier molecular flexibility index (Phi) is 39.7. The maximum Gasteiger partial charge on any atom is 0.305 e. The quantitative estimate of drug-likeness (QED) is 0.0437. The summed E-state index contributed by atoms with van der Waals surface area (Å²) in [4.78, 5) is 228. The van der Waals surface area contributed by atoms with E-state index in [1.54, 1.807) is 100 Å². The Balaban J connectivity index is 1.18. The number of nitrogens with one attached hydrogen (secondary N) is 11. The summed E-state index contributed by atoms with van der Waals surface area (Å²) in [7, 11) is 7.27. The lowest BCUT2D eigenvalue weighted by Crippen LogP contribution is -2.61. The number of aromatic amines is 1. The van der Waals surface area contributed by atoms with Crippen LogP contribution in [-0.2, 0) is 110 Å². The molecular weight excluding hydrogens is 1690 g/mol. The van der Waals surface area contributed by atoms with Crippen molar-refractivity contribution in [2.24, 2.45) is 17.6 Å². The molecule has 6 aromatic carbocycles. The van der Waals surface area contributed by atoms with Crippen molar-refractivity contribution in [2.45, 2.75) is 172 Å². The maximum atomic E-state index is 15.4. The van der Waals surface area contributed by atoms with Crippen LogP contribution in [0.15, 0.2) is 170 Å². The fourth-order valence-electron chi connectivity index (χ4n) is 15.2. The number of carboxylic acid groups (broad SMARTS) is 1. The van der Waals surface area contributed by atoms with E-state index in [9.17, 15) is 58.5 Å². The molecule has 8 rings (SSSR count). The molecule has 0 bridgehead atoms. The van der Waals surface area contributed by atoms with Crippen molar-refractivity contribution in [1.82, 2.24) is 82.7 Å². The minimum Gasteiger partial charge on any atom is -0.508 e. The molecule has 35 nitrogen and oxygen atoms in total. The van der Waals surface area contributed by atoms with Gasteiger partial charge in [0, 0.05) is 82.3 Å². The number of likely N-dealkylation sites (N-methyl/N-ethyl adjacent to an activating group) is 5. The van der Waals surface area contributed by atoms with Crippen LogP contribution in [0.5, 0.6) is 11.5 Å². The Labute approximate surface area is 761 Å². The molecule has 1 aromatic heterocycles. The average molecular weight is 1810 g/mol. The Hall–Kier alpha value is -13.2. The van der Waals surface area contributed by atoms with Crippen molar-refractivity contribution in [2.75, 3.05) is 79.6 Å². The molecular formula is C94H123N17O18S. The smallest absolute Gasteiger partial charge is 0.305 e. The number of nitrogens with zero attached hydrogens (tertiary/aromatic N) is 5. The number of thioether (sulfide) groups is 1. The Morgan fingerprint density at radius 1 is 0.492 bits per heavy atom. The number of phenolic OH excluding ortho intramolecular Hbond substituents is 2. The van der Waals surface area contributed by atoms with Crippen molar-refractivity contribution in [1.29, 1.82) is 0 Å². The number of H-pyrrole nitrogens is 1. The molecule has 0 spiro atoms. The second kappa shape index (κ2) is 50.5. The number of carbonyl (C=O) groups excluding carboxylic acids is 14. The van der Waals surface area contributed by atoms with Crippen molar-refractivity contribution in [3.8, 4) is 11.5 Å². The largest absolute Gasteiger partial charge is 0.508 e. The van der Waals surface area contributed by atoms with Gasteiger partial charge < -0.3 is 93.9 Å². The first kappa shape index (κ1) is 102. The molecule has 11 atom stereocenters. The molecule has 36 heteroatoms. The Bertz CT molecular complexity index is 5010. The van der Waals surface area contributed by atoms with E-state index in [1.165, 1.54) is 86.5 Å². The number of unbranched alkanes of at least 4 members (excludes halogenated alkanes) is 1. The summed E-state index contributed by atoms with van der Waals surface area (Å²) >= 11 is 0.948. The zero-order valence-corrected chi connectivity index (χ0v) is 75.9. The van der Waals surface area contributed by atoms with Gasteiger partial charge in [-0.05, 0) is 115 Å². The molecule has 0 saturated carbocycles. The van der Waals surface area contributed by atoms with Crippen molar-refractivity contribution in [3.05, 3.63) is 203 Å². The lowest BCUT2D eigenvalue weighted by atomic mass is 9.98. The van der Waals surface area contributed by atoms with Crippen LogP contribution in [0.1, 0.15) is 100 Å². The average Bonchev–Trinajstić information content (AvgIpc) is 1.75. The van der Waals surface area contributed by atoms with Gasteiger partial charge in [0.2, 0.25) is 82.7 Å². The van der Waals surface area contributed by atoms with Crippen LogP contribution in [0.2, 0.25) is 0 Å². The summed E-state index contributed by atoms with van der Waals surface area (Å²) in [5, 5.41) is 59.2. The summed E-state index contributed by atoms with van der Waals surface area (Å²) in [5.74, 6) is -15.0. The first-order valence-corrected chi connectivity index (χ1v) is 44.5. The van der Waals surface area contributed by atoms with Gasteiger partial charge in [0.15, 0.2) is 0 Å². The third-order valence-corrected chi connectivity index (χ3v) is 23.1. The minimum absolute atomic E-state index is 0.0559. The SMILES string of the molecule is CCCC[C@@H]1NC(=O)[C@H](Cc2ccccc2)N(C)C[C@H](Cc2ccccc2)NC(=O)CSC[C@@H](C(=O)NCC(N)=O)NC(=O)[C@H](CC(C)C)NC(=O)[C@@H](Cc2ccc(O)cc2)NC(=O)[C@H](Cc2c[nH]c3ccccc23)NC(=O)CN(C)C(=O)[C@H](Cc2ccc(O)cc2)NC(=O)[C@H](Cc2ccccc2)N(C)C(=O)C(C(C)C)NC(=O)[C@H](CC(=O)O)NC(=O)CN(C)CN(C)C1=O. The van der Waals surface area contributed by atoms with E-state index >= 15 is 28.8 Å². The molecule has 0 aliphatic carbocycles. The van der Waals surface area contributed by atoms with E-state index in [2.05, 4.69) is 58.2 Å². The topological polar surface area (TPSA) is 495 Å². The Morgan fingerprint density at radius 2 is 0.977 bits per heavy atom. The van der Waals surface area contributed by atoms with Gasteiger partial charge in [0.1, 0.15) is 65.9 Å². The third-order valence-electron chi connectivity index (χ3n) is 22.1. The fraction of sp³-hybridized carbons (Fsp3) is 0.436. The monoisotopic (exact) mass is 1810 g/mol. The first-order chi connectivity index (χ1) is 61.9. The zero-order valence-electron chi connectivity index (χ0n) is 75.1. The van der Waals surface area contributed by atoms with Gasteiger partial charge in [-0.2, -0.15) is 0 Å². The highest BCUT2D eigenvalue weighted by Crippen LogP contribution is 2.24. The predicted octanol–water partition coefficient (Wildman–Crippen LogP) is 2.35. The van der Waals surface area contributed by atoms with Crippen LogP contribution in [0.3, 0.4) is 0 Å². The molecule has 1 aliphatic rings. The number of phenols is 2. The van der Waals surface area contributed by atoms with Crippen molar-refractivity contribution in [3.63, 3.8) is 0 Å². The predicted molar refractivity (Wildman–Crippen MR) is 490 cm³/mol. The first-order valence-electron chi connectivity index (χ1n) is 43.4. The number of nitrogens with two attached hydrogens (primary N) is 1. The van der Waals surface area contributed by atoms with Crippen LogP contribution in [-0.4, -0.2) is 280 Å².